The Morgan fingerprint density at radius 2 is 2.00 bits per heavy atom. The van der Waals surface area contributed by atoms with Crippen LogP contribution in [0.2, 0.25) is 0 Å². The number of hydrogen-bond donors (Lipinski definition) is 1. The molecule has 1 N–H and O–H groups in total. The van der Waals surface area contributed by atoms with Gasteiger partial charge in [0.05, 0.1) is 11.2 Å². The first-order valence-corrected chi connectivity index (χ1v) is 7.70. The van der Waals surface area contributed by atoms with Crippen molar-refractivity contribution in [1.29, 1.82) is 0 Å². The van der Waals surface area contributed by atoms with Gasteiger partial charge in [-0.3, -0.25) is 9.78 Å². The van der Waals surface area contributed by atoms with Gasteiger partial charge in [-0.25, -0.2) is 4.39 Å². The zero-order valence-corrected chi connectivity index (χ0v) is 13.5. The molecule has 114 valence electrons. The maximum absolute atomic E-state index is 13.0. The van der Waals surface area contributed by atoms with E-state index < -0.39 is 0 Å². The number of carbonyl (C=O) groups excluding carboxylic acids is 1. The molecule has 0 radical (unpaired) electrons. The van der Waals surface area contributed by atoms with Gasteiger partial charge in [-0.15, -0.1) is 0 Å². The fraction of sp³-hybridized carbons (Fsp3) is 0. The quantitative estimate of drug-likeness (QED) is 0.673. The molecule has 3 rings (SSSR count). The average Bonchev–Trinajstić information content (AvgIpc) is 2.55. The van der Waals surface area contributed by atoms with Crippen LogP contribution in [0.4, 0.5) is 10.1 Å². The fourth-order valence-electron chi connectivity index (χ4n) is 2.19. The van der Waals surface area contributed by atoms with E-state index in [9.17, 15) is 9.18 Å². The van der Waals surface area contributed by atoms with Crippen LogP contribution in [0.3, 0.4) is 0 Å². The highest BCUT2D eigenvalue weighted by Crippen LogP contribution is 2.23. The number of halogens is 2. The Morgan fingerprint density at radius 1 is 1.17 bits per heavy atom. The smallest absolute Gasteiger partial charge is 0.248 e. The molecule has 3 nitrogen and oxygen atoms in total. The second kappa shape index (κ2) is 6.71. The molecule has 2 aromatic carbocycles. The van der Waals surface area contributed by atoms with E-state index in [2.05, 4.69) is 26.2 Å². The predicted octanol–water partition coefficient (Wildman–Crippen LogP) is 4.79. The lowest BCUT2D eigenvalue weighted by Gasteiger charge is -2.05. The van der Waals surface area contributed by atoms with Crippen LogP contribution in [0.15, 0.2) is 65.3 Å². The summed E-state index contributed by atoms with van der Waals surface area (Å²) in [6, 6.07) is 13.7. The Morgan fingerprint density at radius 3 is 2.83 bits per heavy atom. The molecule has 0 aliphatic carbocycles. The van der Waals surface area contributed by atoms with Crippen LogP contribution >= 0.6 is 15.9 Å². The topological polar surface area (TPSA) is 42.0 Å². The highest BCUT2D eigenvalue weighted by Gasteiger charge is 2.04. The van der Waals surface area contributed by atoms with Gasteiger partial charge in [-0.2, -0.15) is 0 Å². The monoisotopic (exact) mass is 370 g/mol. The highest BCUT2D eigenvalue weighted by molar-refractivity contribution is 9.10. The zero-order valence-electron chi connectivity index (χ0n) is 12.0. The molecule has 0 bridgehead atoms. The number of para-hydroxylation sites is 1. The van der Waals surface area contributed by atoms with Crippen LogP contribution in [0.5, 0.6) is 0 Å². The van der Waals surface area contributed by atoms with Gasteiger partial charge < -0.3 is 5.32 Å². The minimum atomic E-state index is -0.368. The molecule has 23 heavy (non-hydrogen) atoms. The largest absolute Gasteiger partial charge is 0.321 e. The first kappa shape index (κ1) is 15.4. The van der Waals surface area contributed by atoms with E-state index in [0.29, 0.717) is 10.2 Å². The third-order valence-electron chi connectivity index (χ3n) is 3.27. The summed E-state index contributed by atoms with van der Waals surface area (Å²) >= 11 is 3.22. The molecule has 1 heterocycles. The van der Waals surface area contributed by atoms with Gasteiger partial charge in [0.2, 0.25) is 5.91 Å². The summed E-state index contributed by atoms with van der Waals surface area (Å²) in [5.74, 6) is -0.669. The molecule has 0 unspecified atom stereocenters. The van der Waals surface area contributed by atoms with Crippen molar-refractivity contribution >= 4 is 44.5 Å². The average molecular weight is 371 g/mol. The molecule has 1 amide bonds. The molecule has 0 atom stereocenters. The summed E-state index contributed by atoms with van der Waals surface area (Å²) in [7, 11) is 0. The highest BCUT2D eigenvalue weighted by atomic mass is 79.9. The number of nitrogens with zero attached hydrogens (tertiary/aromatic N) is 1. The number of fused-ring (bicyclic) bond motifs is 1. The van der Waals surface area contributed by atoms with Gasteiger partial charge in [0.25, 0.3) is 0 Å². The molecule has 3 aromatic rings. The Labute approximate surface area is 141 Å². The van der Waals surface area contributed by atoms with E-state index in [4.69, 9.17) is 0 Å². The minimum Gasteiger partial charge on any atom is -0.321 e. The van der Waals surface area contributed by atoms with Gasteiger partial charge >= 0.3 is 0 Å². The minimum absolute atomic E-state index is 0.301. The van der Waals surface area contributed by atoms with Gasteiger partial charge in [-0.05, 0) is 46.3 Å². The SMILES string of the molecule is O=C(/C=C/c1cccc2cccnc12)Nc1ccc(F)cc1Br. The maximum atomic E-state index is 13.0. The van der Waals surface area contributed by atoms with E-state index in [1.54, 1.807) is 12.3 Å². The van der Waals surface area contributed by atoms with Crippen LogP contribution in [0.25, 0.3) is 17.0 Å². The summed E-state index contributed by atoms with van der Waals surface area (Å²) in [5.41, 5.74) is 2.20. The second-order valence-corrected chi connectivity index (χ2v) is 5.72. The van der Waals surface area contributed by atoms with Crippen molar-refractivity contribution in [3.8, 4) is 0 Å². The van der Waals surface area contributed by atoms with E-state index >= 15 is 0 Å². The van der Waals surface area contributed by atoms with E-state index in [1.807, 2.05) is 30.3 Å². The van der Waals surface area contributed by atoms with Gasteiger partial charge in [0.15, 0.2) is 0 Å². The van der Waals surface area contributed by atoms with Crippen LogP contribution in [0, 0.1) is 5.82 Å². The first-order valence-electron chi connectivity index (χ1n) is 6.91. The second-order valence-electron chi connectivity index (χ2n) is 4.87. The Hall–Kier alpha value is -2.53. The number of hydrogen-bond acceptors (Lipinski definition) is 2. The standard InChI is InChI=1S/C18H12BrFN2O/c19-15-11-14(20)7-8-16(15)22-17(23)9-6-13-4-1-3-12-5-2-10-21-18(12)13/h1-11H,(H,22,23)/b9-6+. The van der Waals surface area contributed by atoms with Crippen LogP contribution < -0.4 is 5.32 Å². The molecule has 1 aromatic heterocycles. The van der Waals surface area contributed by atoms with Crippen molar-refractivity contribution < 1.29 is 9.18 Å². The van der Waals surface area contributed by atoms with Gasteiger partial charge in [0, 0.05) is 27.7 Å². The normalized spacial score (nSPS) is 11.0. The lowest BCUT2D eigenvalue weighted by Crippen LogP contribution is -2.08. The molecule has 0 saturated carbocycles. The van der Waals surface area contributed by atoms with Gasteiger partial charge in [0.1, 0.15) is 5.82 Å². The summed E-state index contributed by atoms with van der Waals surface area (Å²) in [6.07, 6.45) is 4.86. The van der Waals surface area contributed by atoms with E-state index in [-0.39, 0.29) is 11.7 Å². The van der Waals surface area contributed by atoms with Crippen LogP contribution in [0.1, 0.15) is 5.56 Å². The predicted molar refractivity (Wildman–Crippen MR) is 93.5 cm³/mol. The number of pyridine rings is 1. The lowest BCUT2D eigenvalue weighted by molar-refractivity contribution is -0.111. The molecule has 5 heteroatoms. The molecular weight excluding hydrogens is 359 g/mol. The lowest BCUT2D eigenvalue weighted by atomic mass is 10.1. The van der Waals surface area contributed by atoms with Crippen molar-refractivity contribution in [3.63, 3.8) is 0 Å². The van der Waals surface area contributed by atoms with Crippen molar-refractivity contribution in [3.05, 3.63) is 76.7 Å². The third-order valence-corrected chi connectivity index (χ3v) is 3.92. The van der Waals surface area contributed by atoms with Crippen molar-refractivity contribution in [2.45, 2.75) is 0 Å². The number of carbonyl (C=O) groups is 1. The molecular formula is C18H12BrFN2O. The summed E-state index contributed by atoms with van der Waals surface area (Å²) in [5, 5.41) is 3.71. The number of amides is 1. The summed E-state index contributed by atoms with van der Waals surface area (Å²) < 4.78 is 13.5. The maximum Gasteiger partial charge on any atom is 0.248 e. The molecule has 0 saturated heterocycles. The van der Waals surface area contributed by atoms with Crippen molar-refractivity contribution in [2.75, 3.05) is 5.32 Å². The Kier molecular flexibility index (Phi) is 4.48. The number of nitrogens with one attached hydrogen (secondary N) is 1. The van der Waals surface area contributed by atoms with Crippen molar-refractivity contribution in [2.24, 2.45) is 0 Å². The number of benzene rings is 2. The van der Waals surface area contributed by atoms with E-state index in [0.717, 1.165) is 16.5 Å². The first-order chi connectivity index (χ1) is 11.1. The number of anilines is 1. The number of aromatic nitrogens is 1. The molecule has 0 aliphatic rings. The van der Waals surface area contributed by atoms with Gasteiger partial charge in [-0.1, -0.05) is 24.3 Å². The van der Waals surface area contributed by atoms with Crippen molar-refractivity contribution in [1.82, 2.24) is 4.98 Å². The molecule has 0 aliphatic heterocycles. The summed E-state index contributed by atoms with van der Waals surface area (Å²) in [6.45, 7) is 0. The third kappa shape index (κ3) is 3.63. The molecule has 0 spiro atoms. The number of rotatable bonds is 3. The Bertz CT molecular complexity index is 903. The Balaban J connectivity index is 1.80. The van der Waals surface area contributed by atoms with E-state index in [1.165, 1.54) is 24.3 Å². The summed E-state index contributed by atoms with van der Waals surface area (Å²) in [4.78, 5) is 16.4. The fourth-order valence-corrected chi connectivity index (χ4v) is 2.64. The molecule has 0 fully saturated rings. The van der Waals surface area contributed by atoms with Crippen LogP contribution in [-0.4, -0.2) is 10.9 Å². The zero-order chi connectivity index (χ0) is 16.2. The van der Waals surface area contributed by atoms with Crippen LogP contribution in [-0.2, 0) is 4.79 Å².